The smallest absolute Gasteiger partial charge is 0.169 e. The van der Waals surface area contributed by atoms with E-state index in [4.69, 9.17) is 9.72 Å². The van der Waals surface area contributed by atoms with Crippen molar-refractivity contribution in [3.63, 3.8) is 0 Å². The fourth-order valence-electron chi connectivity index (χ4n) is 4.06. The molecule has 0 amide bonds. The van der Waals surface area contributed by atoms with Crippen molar-refractivity contribution in [2.24, 2.45) is 0 Å². The Morgan fingerprint density at radius 2 is 2.15 bits per heavy atom. The van der Waals surface area contributed by atoms with Crippen LogP contribution < -0.4 is 4.90 Å². The average molecular weight is 366 g/mol. The highest BCUT2D eigenvalue weighted by molar-refractivity contribution is 5.99. The van der Waals surface area contributed by atoms with Crippen molar-refractivity contribution in [2.45, 2.75) is 51.5 Å². The van der Waals surface area contributed by atoms with Gasteiger partial charge in [0.2, 0.25) is 0 Å². The molecule has 0 saturated carbocycles. The molecule has 4 heterocycles. The van der Waals surface area contributed by atoms with Gasteiger partial charge < -0.3 is 9.64 Å². The normalized spacial score (nSPS) is 20.0. The van der Waals surface area contributed by atoms with Gasteiger partial charge in [-0.1, -0.05) is 0 Å². The number of hydrogen-bond acceptors (Lipinski definition) is 6. The summed E-state index contributed by atoms with van der Waals surface area (Å²) in [6, 6.07) is 2.46. The molecule has 142 valence electrons. The van der Waals surface area contributed by atoms with Crippen molar-refractivity contribution in [1.82, 2.24) is 15.0 Å². The Kier molecular flexibility index (Phi) is 5.43. The molecule has 0 unspecified atom stereocenters. The molecule has 0 bridgehead atoms. The molecule has 4 rings (SSSR count). The highest BCUT2D eigenvalue weighted by Crippen LogP contribution is 2.28. The molecule has 1 saturated heterocycles. The van der Waals surface area contributed by atoms with Crippen LogP contribution in [0.4, 0.5) is 5.82 Å². The summed E-state index contributed by atoms with van der Waals surface area (Å²) in [5.41, 5.74) is 3.55. The lowest BCUT2D eigenvalue weighted by molar-refractivity contribution is 0.0990. The molecular formula is C21H26N4O2. The summed E-state index contributed by atoms with van der Waals surface area (Å²) in [7, 11) is 0. The Morgan fingerprint density at radius 1 is 1.26 bits per heavy atom. The number of hydrogen-bond donors (Lipinski definition) is 0. The molecule has 1 atom stereocenters. The molecule has 2 aliphatic rings. The Morgan fingerprint density at radius 3 is 2.96 bits per heavy atom. The summed E-state index contributed by atoms with van der Waals surface area (Å²) >= 11 is 0. The number of rotatable bonds is 4. The highest BCUT2D eigenvalue weighted by atomic mass is 16.5. The van der Waals surface area contributed by atoms with Crippen LogP contribution >= 0.6 is 0 Å². The second-order valence-corrected chi connectivity index (χ2v) is 7.40. The summed E-state index contributed by atoms with van der Waals surface area (Å²) in [6.45, 7) is 4.55. The first kappa shape index (κ1) is 18.0. The Bertz CT molecular complexity index is 809. The molecule has 0 spiro atoms. The van der Waals surface area contributed by atoms with E-state index in [9.17, 15) is 4.79 Å². The molecule has 0 aromatic carbocycles. The first-order valence-electron chi connectivity index (χ1n) is 9.87. The monoisotopic (exact) mass is 366 g/mol. The molecule has 1 fully saturated rings. The van der Waals surface area contributed by atoms with Gasteiger partial charge in [0, 0.05) is 48.9 Å². The number of ether oxygens (including phenoxy) is 1. The first-order valence-corrected chi connectivity index (χ1v) is 9.87. The van der Waals surface area contributed by atoms with E-state index in [-0.39, 0.29) is 12.2 Å². The van der Waals surface area contributed by atoms with Crippen LogP contribution in [0.15, 0.2) is 24.7 Å². The van der Waals surface area contributed by atoms with Gasteiger partial charge in [0.05, 0.1) is 25.3 Å². The zero-order chi connectivity index (χ0) is 18.6. The van der Waals surface area contributed by atoms with E-state index in [1.54, 1.807) is 18.6 Å². The number of anilines is 1. The SMILES string of the molecule is C[C@H]1CCCCN1c1cc(C(=O)Cc2cnccn2)c2c(n1)CCOCC2. The van der Waals surface area contributed by atoms with Crippen LogP contribution in [0.1, 0.15) is 53.5 Å². The molecule has 6 nitrogen and oxygen atoms in total. The van der Waals surface area contributed by atoms with Gasteiger partial charge in [0.15, 0.2) is 5.78 Å². The van der Waals surface area contributed by atoms with Crippen LogP contribution in [0, 0.1) is 0 Å². The fourth-order valence-corrected chi connectivity index (χ4v) is 4.06. The topological polar surface area (TPSA) is 68.2 Å². The highest BCUT2D eigenvalue weighted by Gasteiger charge is 2.25. The molecule has 2 aromatic heterocycles. The van der Waals surface area contributed by atoms with E-state index in [1.165, 1.54) is 19.3 Å². The molecule has 0 aliphatic carbocycles. The lowest BCUT2D eigenvalue weighted by Gasteiger charge is -2.35. The van der Waals surface area contributed by atoms with Gasteiger partial charge in [-0.25, -0.2) is 4.98 Å². The summed E-state index contributed by atoms with van der Waals surface area (Å²) < 4.78 is 5.65. The van der Waals surface area contributed by atoms with Gasteiger partial charge >= 0.3 is 0 Å². The Balaban J connectivity index is 1.71. The van der Waals surface area contributed by atoms with Crippen LogP contribution in [0.5, 0.6) is 0 Å². The molecule has 2 aromatic rings. The molecule has 27 heavy (non-hydrogen) atoms. The molecule has 6 heteroatoms. The molecule has 2 aliphatic heterocycles. The Hall–Kier alpha value is -2.34. The van der Waals surface area contributed by atoms with Crippen LogP contribution in [-0.2, 0) is 24.0 Å². The number of fused-ring (bicyclic) bond motifs is 1. The standard InChI is InChI=1S/C21H26N4O2/c1-15-4-2-3-9-25(15)21-13-18(17-5-10-27-11-6-19(17)24-21)20(26)12-16-14-22-7-8-23-16/h7-8,13-15H,2-6,9-12H2,1H3/t15-/m0/s1. The number of ketones is 1. The number of nitrogens with zero attached hydrogens (tertiary/aromatic N) is 4. The maximum absolute atomic E-state index is 13.2. The minimum atomic E-state index is 0.0852. The molecule has 0 N–H and O–H groups in total. The minimum absolute atomic E-state index is 0.0852. The lowest BCUT2D eigenvalue weighted by atomic mass is 9.95. The number of carbonyl (C=O) groups is 1. The number of pyridine rings is 1. The van der Waals surface area contributed by atoms with Crippen LogP contribution in [0.2, 0.25) is 0 Å². The van der Waals surface area contributed by atoms with Crippen molar-refractivity contribution in [3.05, 3.63) is 47.2 Å². The van der Waals surface area contributed by atoms with E-state index in [2.05, 4.69) is 21.8 Å². The number of Topliss-reactive ketones (excluding diaryl/α,β-unsaturated/α-hetero) is 1. The maximum Gasteiger partial charge on any atom is 0.169 e. The number of aromatic nitrogens is 3. The first-order chi connectivity index (χ1) is 13.2. The van der Waals surface area contributed by atoms with Crippen LogP contribution in [-0.4, -0.2) is 46.5 Å². The number of carbonyl (C=O) groups excluding carboxylic acids is 1. The van der Waals surface area contributed by atoms with Crippen LogP contribution in [0.25, 0.3) is 0 Å². The third-order valence-electron chi connectivity index (χ3n) is 5.53. The fraction of sp³-hybridized carbons (Fsp3) is 0.524. The van der Waals surface area contributed by atoms with Gasteiger partial charge in [0.1, 0.15) is 5.82 Å². The summed E-state index contributed by atoms with van der Waals surface area (Å²) in [5.74, 6) is 1.02. The van der Waals surface area contributed by atoms with Gasteiger partial charge in [-0.3, -0.25) is 14.8 Å². The zero-order valence-electron chi connectivity index (χ0n) is 15.9. The van der Waals surface area contributed by atoms with Crippen molar-refractivity contribution in [1.29, 1.82) is 0 Å². The maximum atomic E-state index is 13.2. The quantitative estimate of drug-likeness (QED) is 0.775. The summed E-state index contributed by atoms with van der Waals surface area (Å²) in [6.07, 6.45) is 10.3. The van der Waals surface area contributed by atoms with Gasteiger partial charge in [-0.2, -0.15) is 0 Å². The van der Waals surface area contributed by atoms with Crippen molar-refractivity contribution in [2.75, 3.05) is 24.7 Å². The summed E-state index contributed by atoms with van der Waals surface area (Å²) in [4.78, 5) is 28.8. The van der Waals surface area contributed by atoms with Gasteiger partial charge in [-0.05, 0) is 44.2 Å². The zero-order valence-corrected chi connectivity index (χ0v) is 15.9. The minimum Gasteiger partial charge on any atom is -0.381 e. The second kappa shape index (κ2) is 8.13. The number of piperidine rings is 1. The third-order valence-corrected chi connectivity index (χ3v) is 5.53. The van der Waals surface area contributed by atoms with Crippen molar-refractivity contribution >= 4 is 11.6 Å². The molecular weight excluding hydrogens is 340 g/mol. The van der Waals surface area contributed by atoms with E-state index in [0.717, 1.165) is 42.0 Å². The second-order valence-electron chi connectivity index (χ2n) is 7.40. The van der Waals surface area contributed by atoms with E-state index >= 15 is 0 Å². The molecule has 0 radical (unpaired) electrons. The van der Waals surface area contributed by atoms with Gasteiger partial charge in [0.25, 0.3) is 0 Å². The third kappa shape index (κ3) is 4.00. The Labute approximate surface area is 160 Å². The van der Waals surface area contributed by atoms with Crippen molar-refractivity contribution < 1.29 is 9.53 Å². The van der Waals surface area contributed by atoms with E-state index in [1.807, 2.05) is 6.07 Å². The predicted octanol–water partition coefficient (Wildman–Crippen LogP) is 2.79. The van der Waals surface area contributed by atoms with E-state index < -0.39 is 0 Å². The van der Waals surface area contributed by atoms with Crippen LogP contribution in [0.3, 0.4) is 0 Å². The van der Waals surface area contributed by atoms with Crippen molar-refractivity contribution in [3.8, 4) is 0 Å². The van der Waals surface area contributed by atoms with Gasteiger partial charge in [-0.15, -0.1) is 0 Å². The lowest BCUT2D eigenvalue weighted by Crippen LogP contribution is -2.38. The largest absolute Gasteiger partial charge is 0.381 e. The summed E-state index contributed by atoms with van der Waals surface area (Å²) in [5, 5.41) is 0. The predicted molar refractivity (Wildman–Crippen MR) is 103 cm³/mol. The van der Waals surface area contributed by atoms with E-state index in [0.29, 0.717) is 24.9 Å². The average Bonchev–Trinajstić information content (AvgIpc) is 2.94.